The van der Waals surface area contributed by atoms with Gasteiger partial charge in [0, 0.05) is 30.1 Å². The smallest absolute Gasteiger partial charge is 0.220 e. The number of halogens is 2. The fraction of sp³-hybridized carbons (Fsp3) is 0.188. The number of hydrogen-bond donors (Lipinski definition) is 0. The van der Waals surface area contributed by atoms with Crippen LogP contribution in [0.1, 0.15) is 18.1 Å². The van der Waals surface area contributed by atoms with Crippen molar-refractivity contribution in [1.82, 2.24) is 4.90 Å². The maximum absolute atomic E-state index is 11.8. The van der Waals surface area contributed by atoms with Crippen molar-refractivity contribution < 1.29 is 4.79 Å². The number of hydrogen-bond acceptors (Lipinski definition) is 1. The standard InChI is InChI=1S/C16H15Cl2NO/c1-12(20)19(10-13-2-6-15(17)7-3-13)11-14-4-8-16(18)9-5-14/h2-9H,10-11H2,1H3. The second-order valence-corrected chi connectivity index (χ2v) is 5.50. The summed E-state index contributed by atoms with van der Waals surface area (Å²) in [5, 5.41) is 1.39. The van der Waals surface area contributed by atoms with Gasteiger partial charge in [0.15, 0.2) is 0 Å². The minimum Gasteiger partial charge on any atom is -0.334 e. The Hall–Kier alpha value is -1.51. The van der Waals surface area contributed by atoms with Gasteiger partial charge in [-0.3, -0.25) is 4.79 Å². The highest BCUT2D eigenvalue weighted by Gasteiger charge is 2.10. The summed E-state index contributed by atoms with van der Waals surface area (Å²) in [6, 6.07) is 15.0. The molecule has 20 heavy (non-hydrogen) atoms. The molecule has 0 heterocycles. The van der Waals surface area contributed by atoms with Gasteiger partial charge < -0.3 is 4.90 Å². The molecule has 0 aliphatic heterocycles. The molecule has 0 saturated heterocycles. The number of carbonyl (C=O) groups is 1. The molecule has 0 unspecified atom stereocenters. The van der Waals surface area contributed by atoms with Gasteiger partial charge in [-0.1, -0.05) is 47.5 Å². The first kappa shape index (κ1) is 14.9. The largest absolute Gasteiger partial charge is 0.334 e. The third-order valence-corrected chi connectivity index (χ3v) is 3.52. The molecule has 2 nitrogen and oxygen atoms in total. The van der Waals surface area contributed by atoms with E-state index in [1.165, 1.54) is 0 Å². The van der Waals surface area contributed by atoms with E-state index in [1.54, 1.807) is 11.8 Å². The number of benzene rings is 2. The van der Waals surface area contributed by atoms with E-state index in [0.717, 1.165) is 11.1 Å². The Morgan fingerprint density at radius 1 is 0.850 bits per heavy atom. The zero-order valence-corrected chi connectivity index (χ0v) is 12.7. The molecule has 0 spiro atoms. The highest BCUT2D eigenvalue weighted by molar-refractivity contribution is 6.30. The molecule has 0 fully saturated rings. The van der Waals surface area contributed by atoms with Crippen molar-refractivity contribution in [2.24, 2.45) is 0 Å². The van der Waals surface area contributed by atoms with Gasteiger partial charge in [-0.2, -0.15) is 0 Å². The Morgan fingerprint density at radius 2 is 1.20 bits per heavy atom. The Bertz CT molecular complexity index is 531. The lowest BCUT2D eigenvalue weighted by Gasteiger charge is -2.21. The molecule has 0 N–H and O–H groups in total. The quantitative estimate of drug-likeness (QED) is 0.812. The van der Waals surface area contributed by atoms with Crippen LogP contribution in [0.25, 0.3) is 0 Å². The Morgan fingerprint density at radius 3 is 1.50 bits per heavy atom. The van der Waals surface area contributed by atoms with Crippen molar-refractivity contribution in [3.05, 3.63) is 69.7 Å². The van der Waals surface area contributed by atoms with Gasteiger partial charge in [0.25, 0.3) is 0 Å². The van der Waals surface area contributed by atoms with E-state index >= 15 is 0 Å². The van der Waals surface area contributed by atoms with Crippen LogP contribution in [-0.4, -0.2) is 10.8 Å². The molecule has 0 aliphatic rings. The Balaban J connectivity index is 2.09. The van der Waals surface area contributed by atoms with Crippen LogP contribution < -0.4 is 0 Å². The summed E-state index contributed by atoms with van der Waals surface area (Å²) in [5.41, 5.74) is 2.11. The molecule has 0 bridgehead atoms. The van der Waals surface area contributed by atoms with E-state index in [2.05, 4.69) is 0 Å². The topological polar surface area (TPSA) is 20.3 Å². The Kier molecular flexibility index (Phi) is 5.05. The molecule has 104 valence electrons. The lowest BCUT2D eigenvalue weighted by molar-refractivity contribution is -0.130. The van der Waals surface area contributed by atoms with Crippen LogP contribution in [-0.2, 0) is 17.9 Å². The summed E-state index contributed by atoms with van der Waals surface area (Å²) < 4.78 is 0. The Labute approximate surface area is 128 Å². The first-order valence-corrected chi connectivity index (χ1v) is 7.04. The first-order valence-electron chi connectivity index (χ1n) is 6.29. The van der Waals surface area contributed by atoms with Gasteiger partial charge in [-0.25, -0.2) is 0 Å². The average molecular weight is 308 g/mol. The maximum Gasteiger partial charge on any atom is 0.220 e. The van der Waals surface area contributed by atoms with E-state index in [9.17, 15) is 4.79 Å². The van der Waals surface area contributed by atoms with Crippen LogP contribution in [0.4, 0.5) is 0 Å². The lowest BCUT2D eigenvalue weighted by Crippen LogP contribution is -2.27. The first-order chi connectivity index (χ1) is 9.54. The van der Waals surface area contributed by atoms with Crippen molar-refractivity contribution in [2.75, 3.05) is 0 Å². The van der Waals surface area contributed by atoms with Crippen LogP contribution in [0.5, 0.6) is 0 Å². The summed E-state index contributed by atoms with van der Waals surface area (Å²) in [5.74, 6) is 0.0369. The van der Waals surface area contributed by atoms with Gasteiger partial charge >= 0.3 is 0 Å². The summed E-state index contributed by atoms with van der Waals surface area (Å²) in [6.45, 7) is 2.70. The second-order valence-electron chi connectivity index (χ2n) is 4.63. The summed E-state index contributed by atoms with van der Waals surface area (Å²) >= 11 is 11.7. The maximum atomic E-state index is 11.8. The third-order valence-electron chi connectivity index (χ3n) is 3.02. The van der Waals surface area contributed by atoms with Gasteiger partial charge in [0.1, 0.15) is 0 Å². The van der Waals surface area contributed by atoms with Crippen molar-refractivity contribution in [1.29, 1.82) is 0 Å². The second kappa shape index (κ2) is 6.78. The van der Waals surface area contributed by atoms with Gasteiger partial charge in [0.2, 0.25) is 5.91 Å². The van der Waals surface area contributed by atoms with Crippen molar-refractivity contribution >= 4 is 29.1 Å². The zero-order valence-electron chi connectivity index (χ0n) is 11.1. The molecule has 0 radical (unpaired) electrons. The van der Waals surface area contributed by atoms with Crippen LogP contribution in [0.15, 0.2) is 48.5 Å². The fourth-order valence-corrected chi connectivity index (χ4v) is 2.15. The lowest BCUT2D eigenvalue weighted by atomic mass is 10.1. The molecule has 4 heteroatoms. The molecule has 2 aromatic carbocycles. The van der Waals surface area contributed by atoms with Crippen LogP contribution in [0.2, 0.25) is 10.0 Å². The molecule has 0 aliphatic carbocycles. The number of carbonyl (C=O) groups excluding carboxylic acids is 1. The summed E-state index contributed by atoms with van der Waals surface area (Å²) in [4.78, 5) is 13.5. The average Bonchev–Trinajstić information content (AvgIpc) is 2.42. The summed E-state index contributed by atoms with van der Waals surface area (Å²) in [7, 11) is 0. The van der Waals surface area contributed by atoms with Crippen LogP contribution in [0, 0.1) is 0 Å². The molecular weight excluding hydrogens is 293 g/mol. The van der Waals surface area contributed by atoms with E-state index in [1.807, 2.05) is 48.5 Å². The number of rotatable bonds is 4. The summed E-state index contributed by atoms with van der Waals surface area (Å²) in [6.07, 6.45) is 0. The highest BCUT2D eigenvalue weighted by Crippen LogP contribution is 2.15. The third kappa shape index (κ3) is 4.26. The van der Waals surface area contributed by atoms with E-state index in [0.29, 0.717) is 23.1 Å². The number of nitrogens with zero attached hydrogens (tertiary/aromatic N) is 1. The van der Waals surface area contributed by atoms with Crippen molar-refractivity contribution in [3.63, 3.8) is 0 Å². The molecule has 2 aromatic rings. The zero-order chi connectivity index (χ0) is 14.5. The van der Waals surface area contributed by atoms with Gasteiger partial charge in [-0.15, -0.1) is 0 Å². The molecule has 0 saturated carbocycles. The molecular formula is C16H15Cl2NO. The van der Waals surface area contributed by atoms with Crippen LogP contribution in [0.3, 0.4) is 0 Å². The monoisotopic (exact) mass is 307 g/mol. The van der Waals surface area contributed by atoms with E-state index in [4.69, 9.17) is 23.2 Å². The fourth-order valence-electron chi connectivity index (χ4n) is 1.90. The van der Waals surface area contributed by atoms with E-state index < -0.39 is 0 Å². The minimum absolute atomic E-state index is 0.0369. The number of amides is 1. The molecule has 0 aromatic heterocycles. The SMILES string of the molecule is CC(=O)N(Cc1ccc(Cl)cc1)Cc1ccc(Cl)cc1. The predicted octanol–water partition coefficient (Wildman–Crippen LogP) is 4.54. The highest BCUT2D eigenvalue weighted by atomic mass is 35.5. The van der Waals surface area contributed by atoms with Crippen molar-refractivity contribution in [2.45, 2.75) is 20.0 Å². The van der Waals surface area contributed by atoms with Crippen LogP contribution >= 0.6 is 23.2 Å². The molecule has 1 amide bonds. The molecule has 2 rings (SSSR count). The van der Waals surface area contributed by atoms with Crippen molar-refractivity contribution in [3.8, 4) is 0 Å². The normalized spacial score (nSPS) is 10.3. The van der Waals surface area contributed by atoms with Gasteiger partial charge in [-0.05, 0) is 35.4 Å². The predicted molar refractivity (Wildman–Crippen MR) is 82.8 cm³/mol. The van der Waals surface area contributed by atoms with E-state index in [-0.39, 0.29) is 5.91 Å². The minimum atomic E-state index is 0.0369. The molecule has 0 atom stereocenters. The van der Waals surface area contributed by atoms with Gasteiger partial charge in [0.05, 0.1) is 0 Å².